The quantitative estimate of drug-likeness (QED) is 0.832. The number of para-hydroxylation sites is 1. The van der Waals surface area contributed by atoms with Crippen molar-refractivity contribution in [3.8, 4) is 0 Å². The second-order valence-corrected chi connectivity index (χ2v) is 6.47. The van der Waals surface area contributed by atoms with Gasteiger partial charge in [-0.05, 0) is 60.4 Å². The van der Waals surface area contributed by atoms with Crippen molar-refractivity contribution in [2.75, 3.05) is 18.0 Å². The molecule has 17 heavy (non-hydrogen) atoms. The second-order valence-electron chi connectivity index (χ2n) is 5.30. The van der Waals surface area contributed by atoms with Crippen LogP contribution in [-0.4, -0.2) is 25.2 Å². The number of benzene rings is 1. The maximum Gasteiger partial charge on any atom is 0.0505 e. The largest absolute Gasteiger partial charge is 0.365 e. The molecular weight excluding hydrogens is 323 g/mol. The van der Waals surface area contributed by atoms with Crippen molar-refractivity contribution >= 4 is 28.3 Å². The first kappa shape index (κ1) is 11.8. The minimum Gasteiger partial charge on any atom is -0.365 e. The van der Waals surface area contributed by atoms with Crippen LogP contribution in [0, 0.1) is 9.49 Å². The predicted molar refractivity (Wildman–Crippen MR) is 80.5 cm³/mol. The van der Waals surface area contributed by atoms with Crippen LogP contribution in [0.2, 0.25) is 0 Å². The summed E-state index contributed by atoms with van der Waals surface area (Å²) in [4.78, 5) is 2.58. The molecule has 3 heteroatoms. The second kappa shape index (κ2) is 4.76. The van der Waals surface area contributed by atoms with Gasteiger partial charge in [0.25, 0.3) is 0 Å². The molecule has 1 N–H and O–H groups in total. The van der Waals surface area contributed by atoms with Crippen molar-refractivity contribution in [2.45, 2.75) is 31.8 Å². The lowest BCUT2D eigenvalue weighted by atomic mass is 10.1. The van der Waals surface area contributed by atoms with E-state index in [1.165, 1.54) is 28.6 Å². The summed E-state index contributed by atoms with van der Waals surface area (Å²) in [7, 11) is 0. The summed E-state index contributed by atoms with van der Waals surface area (Å²) in [6, 6.07) is 10.0. The van der Waals surface area contributed by atoms with E-state index in [2.05, 4.69) is 64.0 Å². The highest BCUT2D eigenvalue weighted by molar-refractivity contribution is 14.1. The number of nitrogens with zero attached hydrogens (tertiary/aromatic N) is 1. The van der Waals surface area contributed by atoms with Crippen LogP contribution in [0.25, 0.3) is 0 Å². The molecule has 3 rings (SSSR count). The minimum atomic E-state index is 0.598. The number of nitrogens with one attached hydrogen (secondary N) is 1. The number of hydrogen-bond acceptors (Lipinski definition) is 2. The van der Waals surface area contributed by atoms with E-state index < -0.39 is 0 Å². The molecule has 1 aromatic carbocycles. The molecule has 0 radical (unpaired) electrons. The van der Waals surface area contributed by atoms with E-state index in [1.54, 1.807) is 0 Å². The Labute approximate surface area is 117 Å². The van der Waals surface area contributed by atoms with Crippen molar-refractivity contribution in [1.29, 1.82) is 0 Å². The molecule has 0 bridgehead atoms. The SMILES string of the molecule is CC1CNC(C2CC2)CN1c1ccccc1I. The maximum absolute atomic E-state index is 3.71. The van der Waals surface area contributed by atoms with Gasteiger partial charge in [0, 0.05) is 28.7 Å². The molecule has 0 aromatic heterocycles. The van der Waals surface area contributed by atoms with Gasteiger partial charge in [-0.3, -0.25) is 0 Å². The first-order valence-corrected chi connectivity index (χ1v) is 7.58. The van der Waals surface area contributed by atoms with Crippen LogP contribution in [0.5, 0.6) is 0 Å². The van der Waals surface area contributed by atoms with Crippen LogP contribution in [0.4, 0.5) is 5.69 Å². The lowest BCUT2D eigenvalue weighted by Gasteiger charge is -2.41. The van der Waals surface area contributed by atoms with Gasteiger partial charge in [0.1, 0.15) is 0 Å². The van der Waals surface area contributed by atoms with Gasteiger partial charge in [-0.2, -0.15) is 0 Å². The van der Waals surface area contributed by atoms with E-state index >= 15 is 0 Å². The Balaban J connectivity index is 1.82. The summed E-state index contributed by atoms with van der Waals surface area (Å²) in [5, 5.41) is 3.71. The average Bonchev–Trinajstić information content (AvgIpc) is 3.15. The fourth-order valence-corrected chi connectivity index (χ4v) is 3.42. The summed E-state index contributed by atoms with van der Waals surface area (Å²) in [5.41, 5.74) is 1.41. The predicted octanol–water partition coefficient (Wildman–Crippen LogP) is 2.87. The zero-order chi connectivity index (χ0) is 11.8. The molecule has 92 valence electrons. The number of rotatable bonds is 2. The summed E-state index contributed by atoms with van der Waals surface area (Å²) < 4.78 is 1.37. The van der Waals surface area contributed by atoms with Gasteiger partial charge in [0.2, 0.25) is 0 Å². The van der Waals surface area contributed by atoms with E-state index in [0.29, 0.717) is 12.1 Å². The van der Waals surface area contributed by atoms with E-state index in [4.69, 9.17) is 0 Å². The average molecular weight is 342 g/mol. The molecule has 2 unspecified atom stereocenters. The first-order chi connectivity index (χ1) is 8.25. The number of halogens is 1. The third-order valence-electron chi connectivity index (χ3n) is 3.95. The van der Waals surface area contributed by atoms with E-state index in [-0.39, 0.29) is 0 Å². The molecule has 2 fully saturated rings. The highest BCUT2D eigenvalue weighted by atomic mass is 127. The maximum atomic E-state index is 3.71. The third-order valence-corrected chi connectivity index (χ3v) is 4.87. The van der Waals surface area contributed by atoms with Gasteiger partial charge in [-0.25, -0.2) is 0 Å². The van der Waals surface area contributed by atoms with Gasteiger partial charge in [0.15, 0.2) is 0 Å². The molecular formula is C14H19IN2. The van der Waals surface area contributed by atoms with Crippen LogP contribution in [0.1, 0.15) is 19.8 Å². The Bertz CT molecular complexity index is 403. The lowest BCUT2D eigenvalue weighted by molar-refractivity contribution is 0.375. The summed E-state index contributed by atoms with van der Waals surface area (Å²) in [6.45, 7) is 4.61. The zero-order valence-electron chi connectivity index (χ0n) is 10.2. The Kier molecular flexibility index (Phi) is 3.30. The molecule has 2 aliphatic rings. The van der Waals surface area contributed by atoms with Gasteiger partial charge in [-0.15, -0.1) is 0 Å². The smallest absolute Gasteiger partial charge is 0.0505 e. The molecule has 1 aliphatic carbocycles. The van der Waals surface area contributed by atoms with Crippen molar-refractivity contribution < 1.29 is 0 Å². The fourth-order valence-electron chi connectivity index (χ4n) is 2.72. The number of anilines is 1. The molecule has 1 saturated heterocycles. The Hall–Kier alpha value is -0.290. The van der Waals surface area contributed by atoms with Crippen LogP contribution in [0.3, 0.4) is 0 Å². The molecule has 0 amide bonds. The minimum absolute atomic E-state index is 0.598. The van der Waals surface area contributed by atoms with Crippen LogP contribution in [0.15, 0.2) is 24.3 Å². The van der Waals surface area contributed by atoms with Gasteiger partial charge >= 0.3 is 0 Å². The van der Waals surface area contributed by atoms with Crippen LogP contribution in [-0.2, 0) is 0 Å². The fraction of sp³-hybridized carbons (Fsp3) is 0.571. The van der Waals surface area contributed by atoms with Crippen molar-refractivity contribution in [1.82, 2.24) is 5.32 Å². The van der Waals surface area contributed by atoms with Gasteiger partial charge < -0.3 is 10.2 Å². The molecule has 2 nitrogen and oxygen atoms in total. The number of piperazine rings is 1. The van der Waals surface area contributed by atoms with E-state index in [9.17, 15) is 0 Å². The Morgan fingerprint density at radius 1 is 1.29 bits per heavy atom. The van der Waals surface area contributed by atoms with E-state index in [1.807, 2.05) is 0 Å². The normalized spacial score (nSPS) is 29.4. The lowest BCUT2D eigenvalue weighted by Crippen LogP contribution is -2.56. The molecule has 1 aromatic rings. The van der Waals surface area contributed by atoms with Crippen LogP contribution < -0.4 is 10.2 Å². The zero-order valence-corrected chi connectivity index (χ0v) is 12.4. The van der Waals surface area contributed by atoms with E-state index in [0.717, 1.165) is 12.5 Å². The molecule has 1 heterocycles. The molecule has 2 atom stereocenters. The summed E-state index contributed by atoms with van der Waals surface area (Å²) >= 11 is 2.45. The molecule has 0 spiro atoms. The van der Waals surface area contributed by atoms with Crippen molar-refractivity contribution in [2.24, 2.45) is 5.92 Å². The van der Waals surface area contributed by atoms with Gasteiger partial charge in [0.05, 0.1) is 5.69 Å². The van der Waals surface area contributed by atoms with Crippen molar-refractivity contribution in [3.63, 3.8) is 0 Å². The topological polar surface area (TPSA) is 15.3 Å². The summed E-state index contributed by atoms with van der Waals surface area (Å²) in [6.07, 6.45) is 2.84. The standard InChI is InChI=1S/C14H19IN2/c1-10-8-16-13(11-6-7-11)9-17(10)14-5-3-2-4-12(14)15/h2-5,10-11,13,16H,6-9H2,1H3. The van der Waals surface area contributed by atoms with Gasteiger partial charge in [-0.1, -0.05) is 12.1 Å². The Morgan fingerprint density at radius 2 is 2.06 bits per heavy atom. The van der Waals surface area contributed by atoms with Crippen LogP contribution >= 0.6 is 22.6 Å². The highest BCUT2D eigenvalue weighted by Crippen LogP contribution is 2.35. The Morgan fingerprint density at radius 3 is 2.76 bits per heavy atom. The molecule has 1 aliphatic heterocycles. The number of hydrogen-bond donors (Lipinski definition) is 1. The summed E-state index contributed by atoms with van der Waals surface area (Å²) in [5.74, 6) is 0.936. The van der Waals surface area contributed by atoms with Crippen molar-refractivity contribution in [3.05, 3.63) is 27.8 Å². The third kappa shape index (κ3) is 2.45. The first-order valence-electron chi connectivity index (χ1n) is 6.50. The molecule has 1 saturated carbocycles. The highest BCUT2D eigenvalue weighted by Gasteiger charge is 2.36. The monoisotopic (exact) mass is 342 g/mol.